The van der Waals surface area contributed by atoms with Crippen LogP contribution in [0.25, 0.3) is 0 Å². The largest absolute Gasteiger partial charge is 0.444 e. The third-order valence-corrected chi connectivity index (χ3v) is 3.05. The first-order valence-corrected chi connectivity index (χ1v) is 7.03. The maximum Gasteiger partial charge on any atom is 0.407 e. The molecule has 0 bridgehead atoms. The molecule has 0 radical (unpaired) electrons. The van der Waals surface area contributed by atoms with Gasteiger partial charge in [-0.15, -0.1) is 0 Å². The molecule has 0 saturated heterocycles. The van der Waals surface area contributed by atoms with Gasteiger partial charge in [0, 0.05) is 23.5 Å². The average molecular weight is 329 g/mol. The van der Waals surface area contributed by atoms with Crippen molar-refractivity contribution in [3.05, 3.63) is 34.3 Å². The fourth-order valence-electron chi connectivity index (χ4n) is 1.59. The zero-order valence-corrected chi connectivity index (χ0v) is 13.2. The Morgan fingerprint density at radius 2 is 1.95 bits per heavy atom. The van der Waals surface area contributed by atoms with E-state index in [1.807, 2.05) is 45.0 Å². The van der Waals surface area contributed by atoms with Crippen molar-refractivity contribution >= 4 is 22.0 Å². The highest BCUT2D eigenvalue weighted by molar-refractivity contribution is 9.10. The van der Waals surface area contributed by atoms with Crippen LogP contribution >= 0.6 is 15.9 Å². The Morgan fingerprint density at radius 1 is 1.37 bits per heavy atom. The summed E-state index contributed by atoms with van der Waals surface area (Å²) in [4.78, 5) is 11.6. The van der Waals surface area contributed by atoms with E-state index >= 15 is 0 Å². The van der Waals surface area contributed by atoms with E-state index in [0.717, 1.165) is 10.0 Å². The van der Waals surface area contributed by atoms with Crippen LogP contribution in [0.5, 0.6) is 0 Å². The second-order valence-corrected chi connectivity index (χ2v) is 6.28. The predicted molar refractivity (Wildman–Crippen MR) is 80.2 cm³/mol. The maximum atomic E-state index is 11.6. The Labute approximate surface area is 122 Å². The van der Waals surface area contributed by atoms with Gasteiger partial charge in [0.2, 0.25) is 0 Å². The number of nitrogens with one attached hydrogen (secondary N) is 1. The lowest BCUT2D eigenvalue weighted by Gasteiger charge is -2.21. The van der Waals surface area contributed by atoms with Crippen molar-refractivity contribution in [1.29, 1.82) is 0 Å². The van der Waals surface area contributed by atoms with E-state index in [1.54, 1.807) is 0 Å². The third kappa shape index (κ3) is 6.07. The van der Waals surface area contributed by atoms with Crippen LogP contribution in [0.2, 0.25) is 0 Å². The van der Waals surface area contributed by atoms with Gasteiger partial charge in [0.25, 0.3) is 0 Å². The Balaban J connectivity index is 2.54. The van der Waals surface area contributed by atoms with Gasteiger partial charge in [0.15, 0.2) is 0 Å². The highest BCUT2D eigenvalue weighted by Gasteiger charge is 2.17. The minimum atomic E-state index is -0.486. The van der Waals surface area contributed by atoms with Crippen molar-refractivity contribution in [2.45, 2.75) is 32.3 Å². The Bertz CT molecular complexity index is 412. The summed E-state index contributed by atoms with van der Waals surface area (Å²) in [6, 6.07) is 7.92. The fraction of sp³-hybridized carbons (Fsp3) is 0.500. The molecule has 0 spiro atoms. The molecule has 0 heterocycles. The van der Waals surface area contributed by atoms with E-state index in [2.05, 4.69) is 21.2 Å². The van der Waals surface area contributed by atoms with Gasteiger partial charge in [-0.25, -0.2) is 4.79 Å². The van der Waals surface area contributed by atoms with Crippen molar-refractivity contribution in [1.82, 2.24) is 5.32 Å². The Kier molecular flexibility index (Phi) is 5.82. The maximum absolute atomic E-state index is 11.6. The van der Waals surface area contributed by atoms with Crippen molar-refractivity contribution in [2.24, 2.45) is 5.73 Å². The average Bonchev–Trinajstić information content (AvgIpc) is 2.29. The lowest BCUT2D eigenvalue weighted by molar-refractivity contribution is 0.0525. The number of benzene rings is 1. The van der Waals surface area contributed by atoms with Crippen molar-refractivity contribution in [3.8, 4) is 0 Å². The van der Waals surface area contributed by atoms with Crippen molar-refractivity contribution in [2.75, 3.05) is 13.1 Å². The molecule has 0 fully saturated rings. The van der Waals surface area contributed by atoms with Gasteiger partial charge in [0.05, 0.1) is 0 Å². The van der Waals surface area contributed by atoms with Gasteiger partial charge in [-0.1, -0.05) is 28.1 Å². The number of halogens is 1. The number of amides is 1. The number of carbonyl (C=O) groups excluding carboxylic acids is 1. The van der Waals surface area contributed by atoms with E-state index in [9.17, 15) is 4.79 Å². The molecule has 19 heavy (non-hydrogen) atoms. The lowest BCUT2D eigenvalue weighted by atomic mass is 9.99. The van der Waals surface area contributed by atoms with Crippen LogP contribution in [-0.4, -0.2) is 24.8 Å². The van der Waals surface area contributed by atoms with Crippen LogP contribution in [0.4, 0.5) is 4.79 Å². The number of ether oxygens (including phenoxy) is 1. The molecule has 0 aromatic heterocycles. The molecule has 106 valence electrons. The molecule has 1 rings (SSSR count). The van der Waals surface area contributed by atoms with Gasteiger partial charge in [-0.3, -0.25) is 0 Å². The Morgan fingerprint density at radius 3 is 2.42 bits per heavy atom. The van der Waals surface area contributed by atoms with Crippen LogP contribution in [-0.2, 0) is 4.74 Å². The summed E-state index contributed by atoms with van der Waals surface area (Å²) in [5.74, 6) is 0.0839. The normalized spacial score (nSPS) is 12.9. The molecule has 0 aliphatic rings. The van der Waals surface area contributed by atoms with E-state index in [0.29, 0.717) is 13.1 Å². The van der Waals surface area contributed by atoms with Crippen LogP contribution in [0.3, 0.4) is 0 Å². The molecule has 0 saturated carbocycles. The number of rotatable bonds is 4. The van der Waals surface area contributed by atoms with Crippen LogP contribution in [0.1, 0.15) is 32.3 Å². The van der Waals surface area contributed by atoms with E-state index in [-0.39, 0.29) is 5.92 Å². The third-order valence-electron chi connectivity index (χ3n) is 2.52. The van der Waals surface area contributed by atoms with Gasteiger partial charge < -0.3 is 15.8 Å². The smallest absolute Gasteiger partial charge is 0.407 e. The number of alkyl carbamates (subject to hydrolysis) is 1. The summed E-state index contributed by atoms with van der Waals surface area (Å²) in [6.45, 7) is 6.44. The zero-order chi connectivity index (χ0) is 14.5. The lowest BCUT2D eigenvalue weighted by Crippen LogP contribution is -2.36. The van der Waals surface area contributed by atoms with Crippen molar-refractivity contribution < 1.29 is 9.53 Å². The van der Waals surface area contributed by atoms with E-state index in [4.69, 9.17) is 10.5 Å². The fourth-order valence-corrected chi connectivity index (χ4v) is 1.86. The molecule has 0 aliphatic carbocycles. The SMILES string of the molecule is CC(C)(C)OC(=O)NCC(CN)c1ccc(Br)cc1. The number of hydrogen-bond acceptors (Lipinski definition) is 3. The molecular formula is C14H21BrN2O2. The molecule has 3 N–H and O–H groups in total. The van der Waals surface area contributed by atoms with Gasteiger partial charge in [-0.05, 0) is 38.5 Å². The zero-order valence-electron chi connectivity index (χ0n) is 11.6. The molecule has 1 unspecified atom stereocenters. The number of carbonyl (C=O) groups is 1. The second kappa shape index (κ2) is 6.91. The first kappa shape index (κ1) is 16.0. The highest BCUT2D eigenvalue weighted by Crippen LogP contribution is 2.17. The summed E-state index contributed by atoms with van der Waals surface area (Å²) < 4.78 is 6.21. The summed E-state index contributed by atoms with van der Waals surface area (Å²) in [6.07, 6.45) is -0.414. The number of hydrogen-bond donors (Lipinski definition) is 2. The summed E-state index contributed by atoms with van der Waals surface area (Å²) >= 11 is 3.39. The van der Waals surface area contributed by atoms with Crippen LogP contribution in [0.15, 0.2) is 28.7 Å². The molecule has 0 aliphatic heterocycles. The van der Waals surface area contributed by atoms with Gasteiger partial charge in [0.1, 0.15) is 5.60 Å². The van der Waals surface area contributed by atoms with E-state index < -0.39 is 11.7 Å². The summed E-state index contributed by atoms with van der Waals surface area (Å²) in [7, 11) is 0. The first-order chi connectivity index (χ1) is 8.81. The predicted octanol–water partition coefficient (Wildman–Crippen LogP) is 3.02. The number of nitrogens with two attached hydrogens (primary N) is 1. The summed E-state index contributed by atoms with van der Waals surface area (Å²) in [5.41, 5.74) is 6.37. The highest BCUT2D eigenvalue weighted by atomic mass is 79.9. The van der Waals surface area contributed by atoms with Crippen LogP contribution < -0.4 is 11.1 Å². The first-order valence-electron chi connectivity index (χ1n) is 6.24. The second-order valence-electron chi connectivity index (χ2n) is 5.37. The molecule has 4 nitrogen and oxygen atoms in total. The molecule has 5 heteroatoms. The quantitative estimate of drug-likeness (QED) is 0.892. The van der Waals surface area contributed by atoms with Gasteiger partial charge in [-0.2, -0.15) is 0 Å². The van der Waals surface area contributed by atoms with Crippen molar-refractivity contribution in [3.63, 3.8) is 0 Å². The van der Waals surface area contributed by atoms with E-state index in [1.165, 1.54) is 0 Å². The molecule has 1 aromatic rings. The standard InChI is InChI=1S/C14H21BrN2O2/c1-14(2,3)19-13(18)17-9-11(8-16)10-4-6-12(15)7-5-10/h4-7,11H,8-9,16H2,1-3H3,(H,17,18). The summed E-state index contributed by atoms with van der Waals surface area (Å²) in [5, 5.41) is 2.75. The topological polar surface area (TPSA) is 64.3 Å². The molecule has 1 aromatic carbocycles. The Hall–Kier alpha value is -1.07. The molecular weight excluding hydrogens is 308 g/mol. The minimum absolute atomic E-state index is 0.0839. The molecule has 1 amide bonds. The minimum Gasteiger partial charge on any atom is -0.444 e. The van der Waals surface area contributed by atoms with Gasteiger partial charge >= 0.3 is 6.09 Å². The monoisotopic (exact) mass is 328 g/mol. The molecule has 1 atom stereocenters. The van der Waals surface area contributed by atoms with Crippen LogP contribution in [0, 0.1) is 0 Å².